The molecule has 0 radical (unpaired) electrons. The van der Waals surface area contributed by atoms with Crippen molar-refractivity contribution in [2.75, 3.05) is 16.6 Å². The van der Waals surface area contributed by atoms with Gasteiger partial charge >= 0.3 is 0 Å². The van der Waals surface area contributed by atoms with Gasteiger partial charge in [-0.2, -0.15) is 0 Å². The molecule has 0 spiro atoms. The van der Waals surface area contributed by atoms with E-state index in [-0.39, 0.29) is 10.0 Å². The second-order valence-corrected chi connectivity index (χ2v) is 10.8. The largest absolute Gasteiger partial charge is 0.493 e. The monoisotopic (exact) mass is 575 g/mol. The van der Waals surface area contributed by atoms with Crippen LogP contribution in [0.4, 0.5) is 11.4 Å². The standard InChI is InChI=1S/C25H26BrN3O4S2/c1-4-14-33-22-13-8-18(26)15-21(22)24(30)28-25(34)27-19-9-11-20(12-10-19)35(31,32)29-23-16(2)6-5-7-17(23)3/h5-13,15,29H,4,14H2,1-3H3,(H2,27,28,30,34). The maximum atomic E-state index is 12.8. The Morgan fingerprint density at radius 1 is 1.03 bits per heavy atom. The molecule has 0 aliphatic rings. The normalized spacial score (nSPS) is 11.0. The van der Waals surface area contributed by atoms with Crippen molar-refractivity contribution in [2.45, 2.75) is 32.1 Å². The molecule has 3 N–H and O–H groups in total. The predicted octanol–water partition coefficient (Wildman–Crippen LogP) is 5.78. The van der Waals surface area contributed by atoms with Crippen molar-refractivity contribution < 1.29 is 17.9 Å². The van der Waals surface area contributed by atoms with Crippen LogP contribution in [-0.4, -0.2) is 26.0 Å². The maximum absolute atomic E-state index is 12.8. The highest BCUT2D eigenvalue weighted by Crippen LogP contribution is 2.25. The van der Waals surface area contributed by atoms with E-state index in [1.54, 1.807) is 30.3 Å². The highest BCUT2D eigenvalue weighted by Gasteiger charge is 2.18. The Morgan fingerprint density at radius 3 is 2.31 bits per heavy atom. The number of nitrogens with one attached hydrogen (secondary N) is 3. The number of hydrogen-bond acceptors (Lipinski definition) is 5. The summed E-state index contributed by atoms with van der Waals surface area (Å²) in [6, 6.07) is 16.8. The number of anilines is 2. The summed E-state index contributed by atoms with van der Waals surface area (Å²) in [5.41, 5.74) is 3.10. The van der Waals surface area contributed by atoms with Gasteiger partial charge in [0.15, 0.2) is 5.11 Å². The van der Waals surface area contributed by atoms with Gasteiger partial charge < -0.3 is 10.1 Å². The average Bonchev–Trinajstić information content (AvgIpc) is 2.81. The molecule has 10 heteroatoms. The molecule has 0 aliphatic heterocycles. The van der Waals surface area contributed by atoms with Crippen molar-refractivity contribution in [3.05, 3.63) is 81.8 Å². The van der Waals surface area contributed by atoms with Gasteiger partial charge in [0.2, 0.25) is 0 Å². The first-order chi connectivity index (χ1) is 16.6. The Hall–Kier alpha value is -2.95. The van der Waals surface area contributed by atoms with Crippen LogP contribution in [0, 0.1) is 13.8 Å². The molecule has 3 aromatic rings. The minimum Gasteiger partial charge on any atom is -0.493 e. The van der Waals surface area contributed by atoms with Gasteiger partial charge in [0, 0.05) is 10.2 Å². The van der Waals surface area contributed by atoms with E-state index in [0.29, 0.717) is 29.3 Å². The first-order valence-electron chi connectivity index (χ1n) is 10.8. The first kappa shape index (κ1) is 26.7. The van der Waals surface area contributed by atoms with Crippen LogP contribution in [0.15, 0.2) is 70.0 Å². The number of aryl methyl sites for hydroxylation is 2. The van der Waals surface area contributed by atoms with Crippen LogP contribution in [0.5, 0.6) is 5.75 Å². The molecule has 3 aromatic carbocycles. The van der Waals surface area contributed by atoms with Crippen LogP contribution < -0.4 is 20.1 Å². The van der Waals surface area contributed by atoms with Gasteiger partial charge in [-0.3, -0.25) is 14.8 Å². The average molecular weight is 577 g/mol. The minimum atomic E-state index is -3.77. The van der Waals surface area contributed by atoms with Crippen LogP contribution in [0.3, 0.4) is 0 Å². The Bertz CT molecular complexity index is 1320. The molecule has 0 bridgehead atoms. The number of thiocarbonyl (C=S) groups is 1. The fourth-order valence-corrected chi connectivity index (χ4v) is 5.01. The lowest BCUT2D eigenvalue weighted by Gasteiger charge is -2.14. The van der Waals surface area contributed by atoms with Crippen molar-refractivity contribution in [3.63, 3.8) is 0 Å². The molecule has 0 aromatic heterocycles. The van der Waals surface area contributed by atoms with Gasteiger partial charge in [-0.05, 0) is 86.1 Å². The second-order valence-electron chi connectivity index (χ2n) is 7.79. The number of carbonyl (C=O) groups excluding carboxylic acids is 1. The zero-order chi connectivity index (χ0) is 25.6. The van der Waals surface area contributed by atoms with Gasteiger partial charge in [-0.25, -0.2) is 8.42 Å². The Balaban J connectivity index is 1.67. The van der Waals surface area contributed by atoms with Gasteiger partial charge in [0.1, 0.15) is 5.75 Å². The van der Waals surface area contributed by atoms with Crippen LogP contribution in [0.1, 0.15) is 34.8 Å². The summed E-state index contributed by atoms with van der Waals surface area (Å²) in [7, 11) is -3.77. The molecular formula is C25H26BrN3O4S2. The molecule has 0 fully saturated rings. The fraction of sp³-hybridized carbons (Fsp3) is 0.200. The van der Waals surface area contributed by atoms with Crippen LogP contribution in [0.25, 0.3) is 0 Å². The molecule has 1 amide bonds. The smallest absolute Gasteiger partial charge is 0.261 e. The summed E-state index contributed by atoms with van der Waals surface area (Å²) in [5.74, 6) is 0.0354. The molecule has 0 atom stereocenters. The Labute approximate surface area is 219 Å². The molecule has 0 saturated carbocycles. The third-order valence-corrected chi connectivity index (χ3v) is 7.08. The summed E-state index contributed by atoms with van der Waals surface area (Å²) in [4.78, 5) is 12.9. The molecule has 35 heavy (non-hydrogen) atoms. The quantitative estimate of drug-likeness (QED) is 0.294. The number of amides is 1. The highest BCUT2D eigenvalue weighted by molar-refractivity contribution is 9.10. The lowest BCUT2D eigenvalue weighted by atomic mass is 10.1. The number of sulfonamides is 1. The van der Waals surface area contributed by atoms with Crippen LogP contribution >= 0.6 is 28.1 Å². The zero-order valence-corrected chi connectivity index (χ0v) is 22.7. The van der Waals surface area contributed by atoms with Crippen LogP contribution in [-0.2, 0) is 10.0 Å². The van der Waals surface area contributed by atoms with E-state index >= 15 is 0 Å². The summed E-state index contributed by atoms with van der Waals surface area (Å²) < 4.78 is 34.7. The third kappa shape index (κ3) is 7.03. The number of para-hydroxylation sites is 1. The van der Waals surface area contributed by atoms with Gasteiger partial charge in [0.05, 0.1) is 22.8 Å². The molecule has 0 unspecified atom stereocenters. The SMILES string of the molecule is CCCOc1ccc(Br)cc1C(=O)NC(=S)Nc1ccc(S(=O)(=O)Nc2c(C)cccc2C)cc1. The maximum Gasteiger partial charge on any atom is 0.261 e. The summed E-state index contributed by atoms with van der Waals surface area (Å²) in [5, 5.41) is 5.60. The summed E-state index contributed by atoms with van der Waals surface area (Å²) in [6.45, 7) is 6.16. The van der Waals surface area contributed by atoms with Crippen molar-refractivity contribution in [1.29, 1.82) is 0 Å². The highest BCUT2D eigenvalue weighted by atomic mass is 79.9. The van der Waals surface area contributed by atoms with E-state index in [9.17, 15) is 13.2 Å². The Kier molecular flexibility index (Phi) is 8.87. The zero-order valence-electron chi connectivity index (χ0n) is 19.5. The summed E-state index contributed by atoms with van der Waals surface area (Å²) in [6.07, 6.45) is 0.808. The predicted molar refractivity (Wildman–Crippen MR) is 147 cm³/mol. The fourth-order valence-electron chi connectivity index (χ4n) is 3.24. The molecule has 7 nitrogen and oxygen atoms in total. The topological polar surface area (TPSA) is 96.5 Å². The second kappa shape index (κ2) is 11.7. The van der Waals surface area contributed by atoms with E-state index in [1.807, 2.05) is 39.0 Å². The number of ether oxygens (including phenoxy) is 1. The Morgan fingerprint density at radius 2 is 1.69 bits per heavy atom. The van der Waals surface area contributed by atoms with Gasteiger partial charge in [0.25, 0.3) is 15.9 Å². The van der Waals surface area contributed by atoms with E-state index in [1.165, 1.54) is 12.1 Å². The van der Waals surface area contributed by atoms with E-state index < -0.39 is 15.9 Å². The van der Waals surface area contributed by atoms with E-state index in [2.05, 4.69) is 31.3 Å². The third-order valence-electron chi connectivity index (χ3n) is 5.02. The van der Waals surface area contributed by atoms with Crippen molar-refractivity contribution in [2.24, 2.45) is 0 Å². The number of halogens is 1. The molecule has 3 rings (SSSR count). The molecule has 184 valence electrons. The molecular weight excluding hydrogens is 550 g/mol. The first-order valence-corrected chi connectivity index (χ1v) is 13.5. The molecule has 0 heterocycles. The minimum absolute atomic E-state index is 0.0701. The number of rotatable bonds is 8. The van der Waals surface area contributed by atoms with Crippen molar-refractivity contribution in [3.8, 4) is 5.75 Å². The van der Waals surface area contributed by atoms with Crippen molar-refractivity contribution in [1.82, 2.24) is 5.32 Å². The lowest BCUT2D eigenvalue weighted by molar-refractivity contribution is 0.0973. The van der Waals surface area contributed by atoms with E-state index in [0.717, 1.165) is 22.0 Å². The van der Waals surface area contributed by atoms with E-state index in [4.69, 9.17) is 17.0 Å². The van der Waals surface area contributed by atoms with Gasteiger partial charge in [-0.1, -0.05) is 41.1 Å². The van der Waals surface area contributed by atoms with Crippen LogP contribution in [0.2, 0.25) is 0 Å². The number of hydrogen-bond donors (Lipinski definition) is 3. The summed E-state index contributed by atoms with van der Waals surface area (Å²) >= 11 is 8.64. The molecule has 0 saturated heterocycles. The van der Waals surface area contributed by atoms with Gasteiger partial charge in [-0.15, -0.1) is 0 Å². The van der Waals surface area contributed by atoms with Crippen molar-refractivity contribution >= 4 is 60.6 Å². The lowest BCUT2D eigenvalue weighted by Crippen LogP contribution is -2.34. The molecule has 0 aliphatic carbocycles. The number of carbonyl (C=O) groups is 1. The number of benzene rings is 3.